The van der Waals surface area contributed by atoms with Gasteiger partial charge in [-0.25, -0.2) is 0 Å². The zero-order valence-electron chi connectivity index (χ0n) is 11.5. The molecule has 2 aliphatic carbocycles. The van der Waals surface area contributed by atoms with Gasteiger partial charge in [-0.3, -0.25) is 0 Å². The van der Waals surface area contributed by atoms with Crippen molar-refractivity contribution in [3.05, 3.63) is 37.8 Å². The Morgan fingerprint density at radius 3 is 1.59 bits per heavy atom. The Hall–Kier alpha value is 0.324. The van der Waals surface area contributed by atoms with Gasteiger partial charge >= 0.3 is 127 Å². The van der Waals surface area contributed by atoms with Gasteiger partial charge in [0, 0.05) is 0 Å². The van der Waals surface area contributed by atoms with E-state index in [-0.39, 0.29) is 0 Å². The van der Waals surface area contributed by atoms with Crippen molar-refractivity contribution < 1.29 is 37.1 Å². The quantitative estimate of drug-likeness (QED) is 0.679. The molecule has 17 heavy (non-hydrogen) atoms. The van der Waals surface area contributed by atoms with Crippen molar-refractivity contribution in [1.29, 1.82) is 0 Å². The molecule has 0 heterocycles. The summed E-state index contributed by atoms with van der Waals surface area (Å²) in [5.41, 5.74) is 3.34. The van der Waals surface area contributed by atoms with Crippen molar-refractivity contribution in [1.82, 2.24) is 0 Å². The zero-order chi connectivity index (χ0) is 12.4. The fourth-order valence-electron chi connectivity index (χ4n) is 2.70. The van der Waals surface area contributed by atoms with Crippen LogP contribution in [0.15, 0.2) is 37.8 Å². The molecule has 0 fully saturated rings. The molecule has 0 saturated heterocycles. The third kappa shape index (κ3) is 3.21. The number of hydrogen-bond acceptors (Lipinski definition) is 0. The van der Waals surface area contributed by atoms with Gasteiger partial charge in [-0.15, -0.1) is 0 Å². The predicted octanol–water partition coefficient (Wildman–Crippen LogP) is 4.81. The van der Waals surface area contributed by atoms with Gasteiger partial charge in [0.15, 0.2) is 0 Å². The van der Waals surface area contributed by atoms with Crippen LogP contribution in [0.1, 0.15) is 40.5 Å². The summed E-state index contributed by atoms with van der Waals surface area (Å²) in [6, 6.07) is 0. The van der Waals surface area contributed by atoms with Crippen LogP contribution in [0.4, 0.5) is 0 Å². The van der Waals surface area contributed by atoms with E-state index in [4.69, 9.17) is 0 Å². The van der Waals surface area contributed by atoms with Gasteiger partial charge in [0.05, 0.1) is 0 Å². The average Bonchev–Trinajstić information content (AvgIpc) is 2.86. The summed E-state index contributed by atoms with van der Waals surface area (Å²) in [6.45, 7) is 9.34. The van der Waals surface area contributed by atoms with Gasteiger partial charge in [-0.2, -0.15) is 0 Å². The second kappa shape index (κ2) is 5.98. The molecule has 0 spiro atoms. The molecule has 0 aliphatic heterocycles. The molecule has 0 saturated carbocycles. The molecule has 0 bridgehead atoms. The fraction of sp³-hybridized carbons (Fsp3) is 0.500. The molecule has 0 N–H and O–H groups in total. The molecule has 0 amide bonds. The van der Waals surface area contributed by atoms with E-state index in [1.807, 2.05) is 2.31 Å². The van der Waals surface area contributed by atoms with Gasteiger partial charge in [0.1, 0.15) is 0 Å². The Bertz CT molecular complexity index is 377. The molecular formula is C16H22Pr. The Morgan fingerprint density at radius 1 is 0.824 bits per heavy atom. The van der Waals surface area contributed by atoms with Crippen LogP contribution in [0.3, 0.4) is 0 Å². The normalized spacial score (nSPS) is 19.2. The Kier molecular flexibility index (Phi) is 4.83. The average molecular weight is 355 g/mol. The number of hydrogen-bond donors (Lipinski definition) is 0. The minimum atomic E-state index is -0.871. The first-order valence-electron chi connectivity index (χ1n) is 6.73. The molecule has 0 atom stereocenters. The SMILES string of the molecule is CC(C)C1=[C]([Pr][C]2=C(C(C)C)C=CC2)CC=C1. The van der Waals surface area contributed by atoms with Gasteiger partial charge in [0.2, 0.25) is 0 Å². The summed E-state index contributed by atoms with van der Waals surface area (Å²) in [7, 11) is 0. The van der Waals surface area contributed by atoms with Crippen molar-refractivity contribution in [3.8, 4) is 0 Å². The standard InChI is InChI=1S/2C8H11.Pr/c2*1-7(2)8-5-3-4-6-8;/h2*3,5,7H,4H2,1-2H3;. The summed E-state index contributed by atoms with van der Waals surface area (Å²) in [6.07, 6.45) is 12.0. The molecule has 0 unspecified atom stereocenters. The van der Waals surface area contributed by atoms with E-state index in [2.05, 4.69) is 52.0 Å². The molecule has 0 aromatic heterocycles. The third-order valence-electron chi connectivity index (χ3n) is 3.60. The second-order valence-electron chi connectivity index (χ2n) is 5.63. The van der Waals surface area contributed by atoms with Crippen molar-refractivity contribution >= 4 is 0 Å². The number of allylic oxidation sites excluding steroid dienone is 8. The molecule has 0 aromatic rings. The van der Waals surface area contributed by atoms with Crippen LogP contribution >= 0.6 is 0 Å². The summed E-state index contributed by atoms with van der Waals surface area (Å²) in [5.74, 6) is 1.44. The minimum absolute atomic E-state index is 0.720. The van der Waals surface area contributed by atoms with Crippen molar-refractivity contribution in [3.63, 3.8) is 0 Å². The van der Waals surface area contributed by atoms with Crippen LogP contribution in [0.2, 0.25) is 0 Å². The van der Waals surface area contributed by atoms with Gasteiger partial charge in [-0.05, 0) is 0 Å². The van der Waals surface area contributed by atoms with E-state index in [0.29, 0.717) is 0 Å². The van der Waals surface area contributed by atoms with Crippen LogP contribution < -0.4 is 0 Å². The Morgan fingerprint density at radius 2 is 1.24 bits per heavy atom. The summed E-state index contributed by atoms with van der Waals surface area (Å²) < 4.78 is 3.72. The predicted molar refractivity (Wildman–Crippen MR) is 71.2 cm³/mol. The van der Waals surface area contributed by atoms with Crippen LogP contribution in [-0.2, 0) is 0 Å². The maximum absolute atomic E-state index is 2.38. The second-order valence-corrected chi connectivity index (χ2v) is 11.0. The van der Waals surface area contributed by atoms with Crippen molar-refractivity contribution in [2.45, 2.75) is 40.5 Å². The molecule has 0 aromatic carbocycles. The first-order chi connectivity index (χ1) is 8.09. The molecular weight excluding hydrogens is 333 g/mol. The van der Waals surface area contributed by atoms with Gasteiger partial charge < -0.3 is 0 Å². The van der Waals surface area contributed by atoms with E-state index in [1.54, 1.807) is 11.1 Å². The van der Waals surface area contributed by atoms with Gasteiger partial charge in [0.25, 0.3) is 0 Å². The molecule has 1 heteroatoms. The van der Waals surface area contributed by atoms with E-state index >= 15 is 0 Å². The molecule has 2 aliphatic rings. The monoisotopic (exact) mass is 355 g/mol. The number of rotatable bonds is 4. The van der Waals surface area contributed by atoms with Gasteiger partial charge in [-0.1, -0.05) is 0 Å². The Labute approximate surface area is 126 Å². The van der Waals surface area contributed by atoms with Crippen LogP contribution in [0.25, 0.3) is 0 Å². The fourth-order valence-corrected chi connectivity index (χ4v) is 9.50. The van der Waals surface area contributed by atoms with Crippen LogP contribution in [0, 0.1) is 49.0 Å². The van der Waals surface area contributed by atoms with Crippen molar-refractivity contribution in [2.24, 2.45) is 11.8 Å². The first-order valence-corrected chi connectivity index (χ1v) is 10.4. The summed E-state index contributed by atoms with van der Waals surface area (Å²) >= 11 is -0.871. The maximum atomic E-state index is 2.38. The molecule has 2 rings (SSSR count). The zero-order valence-corrected chi connectivity index (χ0v) is 15.2. The van der Waals surface area contributed by atoms with Crippen molar-refractivity contribution in [2.75, 3.05) is 0 Å². The summed E-state index contributed by atoms with van der Waals surface area (Å²) in [4.78, 5) is 0. The van der Waals surface area contributed by atoms with E-state index in [1.165, 1.54) is 12.8 Å². The van der Waals surface area contributed by atoms with Crippen LogP contribution in [0.5, 0.6) is 0 Å². The Balaban J connectivity index is 2.18. The third-order valence-corrected chi connectivity index (χ3v) is 9.49. The van der Waals surface area contributed by atoms with E-state index in [9.17, 15) is 0 Å². The molecule has 89 valence electrons. The molecule has 0 radical (unpaired) electrons. The molecule has 0 nitrogen and oxygen atoms in total. The van der Waals surface area contributed by atoms with Crippen LogP contribution in [-0.4, -0.2) is 0 Å². The van der Waals surface area contributed by atoms with E-state index in [0.717, 1.165) is 11.8 Å². The van der Waals surface area contributed by atoms with E-state index < -0.39 is 37.1 Å². The summed E-state index contributed by atoms with van der Waals surface area (Å²) in [5, 5.41) is 0. The topological polar surface area (TPSA) is 0 Å². The first kappa shape index (κ1) is 13.7.